The van der Waals surface area contributed by atoms with E-state index in [1.165, 1.54) is 16.7 Å². The summed E-state index contributed by atoms with van der Waals surface area (Å²) in [7, 11) is 0. The molecule has 0 N–H and O–H groups in total. The molecule has 1 unspecified atom stereocenters. The first-order valence-corrected chi connectivity index (χ1v) is 7.33. The van der Waals surface area contributed by atoms with Gasteiger partial charge in [0.1, 0.15) is 0 Å². The molecule has 2 aromatic carbocycles. The largest absolute Gasteiger partial charge is 0.0843 e. The van der Waals surface area contributed by atoms with Crippen molar-refractivity contribution in [1.29, 1.82) is 0 Å². The van der Waals surface area contributed by atoms with Crippen molar-refractivity contribution >= 4 is 43.5 Å². The van der Waals surface area contributed by atoms with E-state index in [2.05, 4.69) is 57.0 Å². The van der Waals surface area contributed by atoms with Gasteiger partial charge in [-0.2, -0.15) is 0 Å². The SMILES string of the molecule is Cc1cccc(C(Br)c2ccc(Cl)cc2)c1Br. The summed E-state index contributed by atoms with van der Waals surface area (Å²) in [5.41, 5.74) is 3.66. The summed E-state index contributed by atoms with van der Waals surface area (Å²) >= 11 is 13.3. The summed E-state index contributed by atoms with van der Waals surface area (Å²) in [6.45, 7) is 2.09. The molecule has 0 aliphatic rings. The van der Waals surface area contributed by atoms with Crippen LogP contribution in [0.4, 0.5) is 0 Å². The fourth-order valence-corrected chi connectivity index (χ4v) is 3.29. The predicted molar refractivity (Wildman–Crippen MR) is 81.1 cm³/mol. The molecular weight excluding hydrogens is 363 g/mol. The maximum absolute atomic E-state index is 5.89. The molecule has 0 saturated carbocycles. The zero-order valence-electron chi connectivity index (χ0n) is 9.25. The van der Waals surface area contributed by atoms with Crippen LogP contribution in [0.1, 0.15) is 21.5 Å². The van der Waals surface area contributed by atoms with E-state index < -0.39 is 0 Å². The van der Waals surface area contributed by atoms with Crippen LogP contribution in [0, 0.1) is 6.92 Å². The van der Waals surface area contributed by atoms with Crippen LogP contribution < -0.4 is 0 Å². The molecule has 0 nitrogen and oxygen atoms in total. The maximum Gasteiger partial charge on any atom is 0.0655 e. The van der Waals surface area contributed by atoms with Gasteiger partial charge in [0.05, 0.1) is 4.83 Å². The van der Waals surface area contributed by atoms with Crippen molar-refractivity contribution < 1.29 is 0 Å². The Morgan fingerprint density at radius 1 is 1.06 bits per heavy atom. The van der Waals surface area contributed by atoms with Crippen molar-refractivity contribution in [1.82, 2.24) is 0 Å². The van der Waals surface area contributed by atoms with Crippen LogP contribution in [-0.2, 0) is 0 Å². The molecule has 2 rings (SSSR count). The zero-order valence-corrected chi connectivity index (χ0v) is 13.2. The Labute approximate surface area is 123 Å². The lowest BCUT2D eigenvalue weighted by Gasteiger charge is -2.14. The maximum atomic E-state index is 5.89. The Hall–Kier alpha value is -0.310. The van der Waals surface area contributed by atoms with Gasteiger partial charge in [-0.05, 0) is 35.7 Å². The molecule has 0 aromatic heterocycles. The molecular formula is C14H11Br2Cl. The van der Waals surface area contributed by atoms with Gasteiger partial charge in [0, 0.05) is 9.50 Å². The van der Waals surface area contributed by atoms with Gasteiger partial charge in [0.2, 0.25) is 0 Å². The first-order valence-electron chi connectivity index (χ1n) is 5.24. The molecule has 0 spiro atoms. The average molecular weight is 375 g/mol. The highest BCUT2D eigenvalue weighted by Gasteiger charge is 2.14. The van der Waals surface area contributed by atoms with Crippen molar-refractivity contribution in [3.8, 4) is 0 Å². The van der Waals surface area contributed by atoms with E-state index in [4.69, 9.17) is 11.6 Å². The van der Waals surface area contributed by atoms with Crippen molar-refractivity contribution in [2.75, 3.05) is 0 Å². The van der Waals surface area contributed by atoms with E-state index in [9.17, 15) is 0 Å². The van der Waals surface area contributed by atoms with E-state index in [1.807, 2.05) is 24.3 Å². The summed E-state index contributed by atoms with van der Waals surface area (Å²) in [6, 6.07) is 14.2. The number of alkyl halides is 1. The summed E-state index contributed by atoms with van der Waals surface area (Å²) < 4.78 is 1.15. The Morgan fingerprint density at radius 2 is 1.71 bits per heavy atom. The lowest BCUT2D eigenvalue weighted by atomic mass is 10.0. The van der Waals surface area contributed by atoms with E-state index in [0.717, 1.165) is 9.50 Å². The molecule has 0 heterocycles. The van der Waals surface area contributed by atoms with Gasteiger partial charge in [0.15, 0.2) is 0 Å². The summed E-state index contributed by atoms with van der Waals surface area (Å²) in [6.07, 6.45) is 0. The summed E-state index contributed by atoms with van der Waals surface area (Å²) in [5.74, 6) is 0. The van der Waals surface area contributed by atoms with Gasteiger partial charge in [-0.25, -0.2) is 0 Å². The number of aryl methyl sites for hydroxylation is 1. The Balaban J connectivity index is 2.40. The highest BCUT2D eigenvalue weighted by molar-refractivity contribution is 9.11. The minimum atomic E-state index is 0.175. The lowest BCUT2D eigenvalue weighted by Crippen LogP contribution is -1.95. The van der Waals surface area contributed by atoms with E-state index >= 15 is 0 Å². The number of benzene rings is 2. The third-order valence-electron chi connectivity index (χ3n) is 2.66. The average Bonchev–Trinajstić information content (AvgIpc) is 2.33. The van der Waals surface area contributed by atoms with E-state index in [0.29, 0.717) is 0 Å². The third-order valence-corrected chi connectivity index (χ3v) is 5.01. The fourth-order valence-electron chi connectivity index (χ4n) is 1.68. The minimum absolute atomic E-state index is 0.175. The zero-order chi connectivity index (χ0) is 12.4. The first kappa shape index (κ1) is 13.1. The molecule has 0 aliphatic heterocycles. The van der Waals surface area contributed by atoms with Gasteiger partial charge in [0.25, 0.3) is 0 Å². The lowest BCUT2D eigenvalue weighted by molar-refractivity contribution is 1.15. The number of hydrogen-bond acceptors (Lipinski definition) is 0. The van der Waals surface area contributed by atoms with Crippen LogP contribution in [0.25, 0.3) is 0 Å². The van der Waals surface area contributed by atoms with Crippen LogP contribution in [0.3, 0.4) is 0 Å². The van der Waals surface area contributed by atoms with Gasteiger partial charge in [-0.3, -0.25) is 0 Å². The molecule has 2 aromatic rings. The second kappa shape index (κ2) is 5.55. The van der Waals surface area contributed by atoms with E-state index in [-0.39, 0.29) is 4.83 Å². The van der Waals surface area contributed by atoms with Crippen molar-refractivity contribution in [2.24, 2.45) is 0 Å². The normalized spacial score (nSPS) is 12.5. The highest BCUT2D eigenvalue weighted by Crippen LogP contribution is 2.36. The van der Waals surface area contributed by atoms with Crippen LogP contribution in [-0.4, -0.2) is 0 Å². The third kappa shape index (κ3) is 2.93. The molecule has 3 heteroatoms. The number of hydrogen-bond donors (Lipinski definition) is 0. The van der Waals surface area contributed by atoms with Gasteiger partial charge < -0.3 is 0 Å². The van der Waals surface area contributed by atoms with Crippen LogP contribution in [0.15, 0.2) is 46.9 Å². The van der Waals surface area contributed by atoms with Crippen molar-refractivity contribution in [2.45, 2.75) is 11.8 Å². The number of rotatable bonds is 2. The van der Waals surface area contributed by atoms with E-state index in [1.54, 1.807) is 0 Å². The van der Waals surface area contributed by atoms with Crippen LogP contribution >= 0.6 is 43.5 Å². The molecule has 0 amide bonds. The fraction of sp³-hybridized carbons (Fsp3) is 0.143. The predicted octanol–water partition coefficient (Wildman–Crippen LogP) is 5.90. The van der Waals surface area contributed by atoms with Crippen LogP contribution in [0.5, 0.6) is 0 Å². The van der Waals surface area contributed by atoms with Gasteiger partial charge in [-0.15, -0.1) is 0 Å². The minimum Gasteiger partial charge on any atom is -0.0843 e. The topological polar surface area (TPSA) is 0 Å². The Morgan fingerprint density at radius 3 is 2.35 bits per heavy atom. The van der Waals surface area contributed by atoms with Crippen LogP contribution in [0.2, 0.25) is 5.02 Å². The molecule has 0 aliphatic carbocycles. The summed E-state index contributed by atoms with van der Waals surface area (Å²) in [4.78, 5) is 0.175. The molecule has 1 atom stereocenters. The highest BCUT2D eigenvalue weighted by atomic mass is 79.9. The van der Waals surface area contributed by atoms with Gasteiger partial charge >= 0.3 is 0 Å². The second-order valence-electron chi connectivity index (χ2n) is 3.89. The smallest absolute Gasteiger partial charge is 0.0655 e. The van der Waals surface area contributed by atoms with Crippen molar-refractivity contribution in [3.05, 3.63) is 68.7 Å². The quantitative estimate of drug-likeness (QED) is 0.575. The van der Waals surface area contributed by atoms with Gasteiger partial charge in [-0.1, -0.05) is 73.8 Å². The van der Waals surface area contributed by atoms with Crippen molar-refractivity contribution in [3.63, 3.8) is 0 Å². The number of halogens is 3. The molecule has 88 valence electrons. The molecule has 0 radical (unpaired) electrons. The molecule has 0 bridgehead atoms. The Kier molecular flexibility index (Phi) is 4.29. The monoisotopic (exact) mass is 372 g/mol. The Bertz CT molecular complexity index is 520. The molecule has 17 heavy (non-hydrogen) atoms. The first-order chi connectivity index (χ1) is 8.09. The standard InChI is InChI=1S/C14H11Br2Cl/c1-9-3-2-4-12(13(9)15)14(16)10-5-7-11(17)8-6-10/h2-8,14H,1H3. The second-order valence-corrected chi connectivity index (χ2v) is 6.04. The summed E-state index contributed by atoms with van der Waals surface area (Å²) in [5, 5.41) is 0.761. The molecule has 0 fully saturated rings. The molecule has 0 saturated heterocycles.